The number of ether oxygens (including phenoxy) is 3. The molecule has 116 valence electrons. The highest BCUT2D eigenvalue weighted by Gasteiger charge is 2.51. The molecule has 7 nitrogen and oxygen atoms in total. The van der Waals surface area contributed by atoms with Crippen molar-refractivity contribution in [2.75, 3.05) is 27.3 Å². The maximum Gasteiger partial charge on any atom is 0.410 e. The van der Waals surface area contributed by atoms with Crippen molar-refractivity contribution in [2.24, 2.45) is 0 Å². The molecule has 0 aliphatic carbocycles. The Kier molecular flexibility index (Phi) is 4.99. The average Bonchev–Trinajstić information content (AvgIpc) is 2.35. The molecule has 0 saturated carbocycles. The molecule has 1 saturated heterocycles. The first-order valence-corrected chi connectivity index (χ1v) is 6.45. The molecule has 1 aliphatic heterocycles. The Labute approximate surface area is 118 Å². The molecule has 0 aromatic rings. The minimum atomic E-state index is -1.42. The summed E-state index contributed by atoms with van der Waals surface area (Å²) in [6.45, 7) is 5.69. The fourth-order valence-corrected chi connectivity index (χ4v) is 2.22. The minimum Gasteiger partial charge on any atom is -0.479 e. The SMILES string of the molecule is CO[C@H]1CN(C(=O)OC(C)(C)C)CC[C@]1(OC)C(=O)O. The van der Waals surface area contributed by atoms with Crippen LogP contribution in [0.5, 0.6) is 0 Å². The molecule has 1 N–H and O–H groups in total. The Balaban J connectivity index is 2.82. The topological polar surface area (TPSA) is 85.3 Å². The van der Waals surface area contributed by atoms with Crippen molar-refractivity contribution in [1.29, 1.82) is 0 Å². The first-order valence-electron chi connectivity index (χ1n) is 6.45. The van der Waals surface area contributed by atoms with E-state index in [1.807, 2.05) is 0 Å². The van der Waals surface area contributed by atoms with Crippen molar-refractivity contribution in [3.8, 4) is 0 Å². The molecule has 0 bridgehead atoms. The highest BCUT2D eigenvalue weighted by atomic mass is 16.6. The molecular formula is C13H23NO6. The lowest BCUT2D eigenvalue weighted by molar-refractivity contribution is -0.191. The van der Waals surface area contributed by atoms with Crippen molar-refractivity contribution in [2.45, 2.75) is 44.5 Å². The summed E-state index contributed by atoms with van der Waals surface area (Å²) in [6, 6.07) is 0. The Morgan fingerprint density at radius 2 is 1.90 bits per heavy atom. The molecule has 1 rings (SSSR count). The fraction of sp³-hybridized carbons (Fsp3) is 0.846. The van der Waals surface area contributed by atoms with Gasteiger partial charge in [0.1, 0.15) is 11.7 Å². The quantitative estimate of drug-likeness (QED) is 0.837. The lowest BCUT2D eigenvalue weighted by atomic mass is 9.88. The van der Waals surface area contributed by atoms with Crippen LogP contribution in [0.15, 0.2) is 0 Å². The third-order valence-corrected chi connectivity index (χ3v) is 3.32. The standard InChI is InChI=1S/C13H23NO6/c1-12(2,3)20-11(17)14-7-6-13(19-5,10(15)16)9(8-14)18-4/h9H,6-8H2,1-5H3,(H,15,16)/t9-,13+/m0/s1. The van der Waals surface area contributed by atoms with E-state index in [0.717, 1.165) is 0 Å². The largest absolute Gasteiger partial charge is 0.479 e. The van der Waals surface area contributed by atoms with Crippen LogP contribution < -0.4 is 0 Å². The lowest BCUT2D eigenvalue weighted by Crippen LogP contribution is -2.62. The van der Waals surface area contributed by atoms with E-state index in [1.54, 1.807) is 20.8 Å². The molecule has 1 heterocycles. The van der Waals surface area contributed by atoms with Crippen LogP contribution in [0.25, 0.3) is 0 Å². The second-order valence-corrected chi connectivity index (χ2v) is 5.80. The lowest BCUT2D eigenvalue weighted by Gasteiger charge is -2.43. The van der Waals surface area contributed by atoms with Crippen LogP contribution in [-0.4, -0.2) is 66.7 Å². The average molecular weight is 289 g/mol. The number of hydrogen-bond acceptors (Lipinski definition) is 5. The number of carboxylic acid groups (broad SMARTS) is 1. The van der Waals surface area contributed by atoms with E-state index in [0.29, 0.717) is 0 Å². The number of hydrogen-bond donors (Lipinski definition) is 1. The number of carboxylic acids is 1. The Hall–Kier alpha value is -1.34. The summed E-state index contributed by atoms with van der Waals surface area (Å²) < 4.78 is 15.7. The van der Waals surface area contributed by atoms with Crippen LogP contribution in [0.4, 0.5) is 4.79 Å². The normalized spacial score (nSPS) is 27.2. The van der Waals surface area contributed by atoms with Gasteiger partial charge < -0.3 is 24.2 Å². The molecule has 2 atom stereocenters. The number of aliphatic carboxylic acids is 1. The molecule has 1 amide bonds. The van der Waals surface area contributed by atoms with Gasteiger partial charge in [0.25, 0.3) is 0 Å². The predicted molar refractivity (Wildman–Crippen MR) is 70.6 cm³/mol. The zero-order valence-corrected chi connectivity index (χ0v) is 12.6. The molecule has 20 heavy (non-hydrogen) atoms. The van der Waals surface area contributed by atoms with Crippen LogP contribution in [-0.2, 0) is 19.0 Å². The minimum absolute atomic E-state index is 0.117. The number of piperidine rings is 1. The van der Waals surface area contributed by atoms with Gasteiger partial charge in [0.05, 0.1) is 6.54 Å². The third-order valence-electron chi connectivity index (χ3n) is 3.32. The van der Waals surface area contributed by atoms with Crippen LogP contribution in [0.3, 0.4) is 0 Å². The van der Waals surface area contributed by atoms with E-state index in [-0.39, 0.29) is 19.5 Å². The van der Waals surface area contributed by atoms with Crippen LogP contribution in [0, 0.1) is 0 Å². The number of nitrogens with zero attached hydrogens (tertiary/aromatic N) is 1. The molecular weight excluding hydrogens is 266 g/mol. The Morgan fingerprint density at radius 1 is 1.30 bits per heavy atom. The summed E-state index contributed by atoms with van der Waals surface area (Å²) in [5, 5.41) is 9.36. The van der Waals surface area contributed by atoms with Gasteiger partial charge in [0.2, 0.25) is 0 Å². The number of amides is 1. The molecule has 0 aromatic carbocycles. The third kappa shape index (κ3) is 3.40. The van der Waals surface area contributed by atoms with Gasteiger partial charge >= 0.3 is 12.1 Å². The molecule has 1 aliphatic rings. The second-order valence-electron chi connectivity index (χ2n) is 5.80. The fourth-order valence-electron chi connectivity index (χ4n) is 2.22. The highest BCUT2D eigenvalue weighted by Crippen LogP contribution is 2.29. The predicted octanol–water partition coefficient (Wildman–Crippen LogP) is 1.11. The Bertz CT molecular complexity index is 378. The highest BCUT2D eigenvalue weighted by molar-refractivity contribution is 5.79. The molecule has 0 aromatic heterocycles. The number of carbonyl (C=O) groups excluding carboxylic acids is 1. The van der Waals surface area contributed by atoms with E-state index < -0.39 is 29.4 Å². The number of methoxy groups -OCH3 is 2. The summed E-state index contributed by atoms with van der Waals surface area (Å²) in [5.74, 6) is -1.09. The van der Waals surface area contributed by atoms with Gasteiger partial charge in [-0.25, -0.2) is 9.59 Å². The van der Waals surface area contributed by atoms with E-state index in [2.05, 4.69) is 0 Å². The number of likely N-dealkylation sites (tertiary alicyclic amines) is 1. The Morgan fingerprint density at radius 3 is 2.30 bits per heavy atom. The van der Waals surface area contributed by atoms with Crippen molar-refractivity contribution < 1.29 is 28.9 Å². The van der Waals surface area contributed by atoms with Gasteiger partial charge in [-0.2, -0.15) is 0 Å². The summed E-state index contributed by atoms with van der Waals surface area (Å²) in [5.41, 5.74) is -2.02. The zero-order valence-electron chi connectivity index (χ0n) is 12.6. The molecule has 0 radical (unpaired) electrons. The van der Waals surface area contributed by atoms with Gasteiger partial charge in [0.15, 0.2) is 5.60 Å². The van der Waals surface area contributed by atoms with Gasteiger partial charge in [-0.1, -0.05) is 0 Å². The molecule has 0 unspecified atom stereocenters. The van der Waals surface area contributed by atoms with Crippen LogP contribution in [0.2, 0.25) is 0 Å². The first kappa shape index (κ1) is 16.7. The summed E-state index contributed by atoms with van der Waals surface area (Å²) in [4.78, 5) is 24.9. The van der Waals surface area contributed by atoms with Crippen molar-refractivity contribution >= 4 is 12.1 Å². The molecule has 1 fully saturated rings. The van der Waals surface area contributed by atoms with Crippen LogP contribution in [0.1, 0.15) is 27.2 Å². The zero-order chi connectivity index (χ0) is 15.6. The van der Waals surface area contributed by atoms with Gasteiger partial charge in [-0.3, -0.25) is 0 Å². The van der Waals surface area contributed by atoms with Gasteiger partial charge in [-0.05, 0) is 20.8 Å². The monoisotopic (exact) mass is 289 g/mol. The molecule has 7 heteroatoms. The van der Waals surface area contributed by atoms with Crippen molar-refractivity contribution in [1.82, 2.24) is 4.90 Å². The summed E-state index contributed by atoms with van der Waals surface area (Å²) in [6.07, 6.45) is -1.07. The van der Waals surface area contributed by atoms with Crippen molar-refractivity contribution in [3.05, 3.63) is 0 Å². The van der Waals surface area contributed by atoms with E-state index in [1.165, 1.54) is 19.1 Å². The van der Waals surface area contributed by atoms with E-state index >= 15 is 0 Å². The van der Waals surface area contributed by atoms with Crippen molar-refractivity contribution in [3.63, 3.8) is 0 Å². The van der Waals surface area contributed by atoms with E-state index in [4.69, 9.17) is 14.2 Å². The molecule has 0 spiro atoms. The first-order chi connectivity index (χ1) is 9.16. The maximum atomic E-state index is 12.0. The summed E-state index contributed by atoms with van der Waals surface area (Å²) in [7, 11) is 2.74. The maximum absolute atomic E-state index is 12.0. The van der Waals surface area contributed by atoms with Gasteiger partial charge in [-0.15, -0.1) is 0 Å². The van der Waals surface area contributed by atoms with E-state index in [9.17, 15) is 14.7 Å². The smallest absolute Gasteiger partial charge is 0.410 e. The van der Waals surface area contributed by atoms with Crippen LogP contribution >= 0.6 is 0 Å². The summed E-state index contributed by atoms with van der Waals surface area (Å²) >= 11 is 0. The second kappa shape index (κ2) is 5.97. The van der Waals surface area contributed by atoms with Gasteiger partial charge in [0, 0.05) is 27.2 Å². The number of carbonyl (C=O) groups is 2. The number of rotatable bonds is 3.